The normalized spacial score (nSPS) is 19.6. The molecule has 0 bridgehead atoms. The Morgan fingerprint density at radius 2 is 1.55 bits per heavy atom. The molecule has 1 atom stereocenters. The zero-order valence-corrected chi connectivity index (χ0v) is 13.3. The molecule has 1 aliphatic carbocycles. The lowest BCUT2D eigenvalue weighted by Gasteiger charge is -2.28. The largest absolute Gasteiger partial charge is 0.307 e. The molecular formula is C19H31N. The third-order valence-corrected chi connectivity index (χ3v) is 4.45. The molecule has 0 spiro atoms. The molecule has 1 nitrogen and oxygen atoms in total. The first kappa shape index (κ1) is 15.6. The van der Waals surface area contributed by atoms with Crippen LogP contribution in [0.5, 0.6) is 0 Å². The van der Waals surface area contributed by atoms with Crippen LogP contribution in [-0.4, -0.2) is 6.04 Å². The van der Waals surface area contributed by atoms with Gasteiger partial charge in [0.05, 0.1) is 0 Å². The first-order chi connectivity index (χ1) is 9.75. The zero-order valence-electron chi connectivity index (χ0n) is 13.3. The van der Waals surface area contributed by atoms with Crippen molar-refractivity contribution in [2.24, 2.45) is 5.92 Å². The van der Waals surface area contributed by atoms with Crippen LogP contribution < -0.4 is 5.32 Å². The van der Waals surface area contributed by atoms with Gasteiger partial charge in [-0.05, 0) is 30.7 Å². The monoisotopic (exact) mass is 273 g/mol. The second-order valence-corrected chi connectivity index (χ2v) is 6.80. The van der Waals surface area contributed by atoms with Gasteiger partial charge >= 0.3 is 0 Å². The summed E-state index contributed by atoms with van der Waals surface area (Å²) in [5, 5.41) is 3.97. The van der Waals surface area contributed by atoms with E-state index in [1.165, 1.54) is 56.9 Å². The van der Waals surface area contributed by atoms with E-state index in [-0.39, 0.29) is 0 Å². The number of nitrogens with one attached hydrogen (secondary N) is 1. The van der Waals surface area contributed by atoms with Crippen molar-refractivity contribution in [3.05, 3.63) is 35.9 Å². The first-order valence-corrected chi connectivity index (χ1v) is 8.56. The molecule has 0 amide bonds. The Hall–Kier alpha value is -0.820. The predicted molar refractivity (Wildman–Crippen MR) is 87.9 cm³/mol. The van der Waals surface area contributed by atoms with Gasteiger partial charge in [0.2, 0.25) is 0 Å². The number of benzene rings is 1. The lowest BCUT2D eigenvalue weighted by molar-refractivity contribution is 0.327. The molecule has 1 aromatic rings. The van der Waals surface area contributed by atoms with E-state index in [1.54, 1.807) is 0 Å². The molecule has 112 valence electrons. The average molecular weight is 273 g/mol. The Morgan fingerprint density at radius 3 is 2.15 bits per heavy atom. The molecule has 0 radical (unpaired) electrons. The van der Waals surface area contributed by atoms with Gasteiger partial charge in [-0.15, -0.1) is 0 Å². The summed E-state index contributed by atoms with van der Waals surface area (Å²) in [5.41, 5.74) is 1.46. The highest BCUT2D eigenvalue weighted by atomic mass is 14.9. The summed E-state index contributed by atoms with van der Waals surface area (Å²) in [7, 11) is 0. The summed E-state index contributed by atoms with van der Waals surface area (Å²) in [4.78, 5) is 0. The second kappa shape index (κ2) is 8.46. The van der Waals surface area contributed by atoms with Crippen LogP contribution in [0, 0.1) is 5.92 Å². The van der Waals surface area contributed by atoms with Crippen LogP contribution >= 0.6 is 0 Å². The van der Waals surface area contributed by atoms with Crippen molar-refractivity contribution in [2.45, 2.75) is 77.3 Å². The van der Waals surface area contributed by atoms with Gasteiger partial charge in [0.1, 0.15) is 0 Å². The van der Waals surface area contributed by atoms with Crippen LogP contribution in [0.1, 0.15) is 76.8 Å². The van der Waals surface area contributed by atoms with Gasteiger partial charge < -0.3 is 5.32 Å². The molecule has 1 aliphatic rings. The Kier molecular flexibility index (Phi) is 6.59. The number of hydrogen-bond donors (Lipinski definition) is 1. The molecule has 0 heterocycles. The summed E-state index contributed by atoms with van der Waals surface area (Å²) >= 11 is 0. The van der Waals surface area contributed by atoms with Gasteiger partial charge in [-0.25, -0.2) is 0 Å². The fourth-order valence-electron chi connectivity index (χ4n) is 3.36. The third-order valence-electron chi connectivity index (χ3n) is 4.45. The van der Waals surface area contributed by atoms with Gasteiger partial charge in [-0.1, -0.05) is 76.3 Å². The minimum Gasteiger partial charge on any atom is -0.307 e. The maximum Gasteiger partial charge on any atom is 0.0325 e. The quantitative estimate of drug-likeness (QED) is 0.749. The molecule has 20 heavy (non-hydrogen) atoms. The summed E-state index contributed by atoms with van der Waals surface area (Å²) in [6.45, 7) is 4.66. The molecule has 0 saturated heterocycles. The first-order valence-electron chi connectivity index (χ1n) is 8.56. The van der Waals surface area contributed by atoms with E-state index in [1.807, 2.05) is 0 Å². The lowest BCUT2D eigenvalue weighted by Crippen LogP contribution is -2.34. The molecule has 1 unspecified atom stereocenters. The number of hydrogen-bond acceptors (Lipinski definition) is 1. The van der Waals surface area contributed by atoms with E-state index in [9.17, 15) is 0 Å². The standard InChI is InChI=1S/C19H31N/c1-16(2)15-19(17-11-7-6-8-12-17)20-18-13-9-4-3-5-10-14-18/h6-8,11-12,16,18-20H,3-5,9-10,13-15H2,1-2H3. The average Bonchev–Trinajstić information content (AvgIpc) is 2.41. The van der Waals surface area contributed by atoms with Crippen molar-refractivity contribution >= 4 is 0 Å². The Balaban J connectivity index is 1.99. The fourth-order valence-corrected chi connectivity index (χ4v) is 3.36. The fraction of sp³-hybridized carbons (Fsp3) is 0.684. The molecule has 1 saturated carbocycles. The summed E-state index contributed by atoms with van der Waals surface area (Å²) in [5.74, 6) is 0.737. The predicted octanol–water partition coefficient (Wildman–Crippen LogP) is 5.48. The van der Waals surface area contributed by atoms with Crippen molar-refractivity contribution < 1.29 is 0 Å². The van der Waals surface area contributed by atoms with Gasteiger partial charge in [0.25, 0.3) is 0 Å². The van der Waals surface area contributed by atoms with Crippen LogP contribution in [0.2, 0.25) is 0 Å². The van der Waals surface area contributed by atoms with Crippen molar-refractivity contribution in [1.82, 2.24) is 5.32 Å². The van der Waals surface area contributed by atoms with Gasteiger partial charge in [0.15, 0.2) is 0 Å². The molecule has 2 rings (SSSR count). The zero-order chi connectivity index (χ0) is 14.2. The maximum absolute atomic E-state index is 3.97. The van der Waals surface area contributed by atoms with Crippen LogP contribution in [0.15, 0.2) is 30.3 Å². The SMILES string of the molecule is CC(C)CC(NC1CCCCCCC1)c1ccccc1. The van der Waals surface area contributed by atoms with E-state index < -0.39 is 0 Å². The molecule has 0 aliphatic heterocycles. The third kappa shape index (κ3) is 5.28. The lowest BCUT2D eigenvalue weighted by atomic mass is 9.92. The van der Waals surface area contributed by atoms with Gasteiger partial charge in [0, 0.05) is 12.1 Å². The van der Waals surface area contributed by atoms with E-state index >= 15 is 0 Å². The highest BCUT2D eigenvalue weighted by Gasteiger charge is 2.18. The van der Waals surface area contributed by atoms with Gasteiger partial charge in [-0.2, -0.15) is 0 Å². The van der Waals surface area contributed by atoms with E-state index in [4.69, 9.17) is 0 Å². The topological polar surface area (TPSA) is 12.0 Å². The Morgan fingerprint density at radius 1 is 0.950 bits per heavy atom. The molecular weight excluding hydrogens is 242 g/mol. The molecule has 1 fully saturated rings. The van der Waals surface area contributed by atoms with E-state index in [0.29, 0.717) is 6.04 Å². The maximum atomic E-state index is 3.97. The summed E-state index contributed by atoms with van der Waals surface area (Å²) < 4.78 is 0. The second-order valence-electron chi connectivity index (χ2n) is 6.80. The van der Waals surface area contributed by atoms with E-state index in [2.05, 4.69) is 49.5 Å². The van der Waals surface area contributed by atoms with Crippen LogP contribution in [0.4, 0.5) is 0 Å². The van der Waals surface area contributed by atoms with Crippen LogP contribution in [0.25, 0.3) is 0 Å². The molecule has 1 N–H and O–H groups in total. The molecule has 0 aromatic heterocycles. The van der Waals surface area contributed by atoms with Crippen molar-refractivity contribution in [3.63, 3.8) is 0 Å². The highest BCUT2D eigenvalue weighted by Crippen LogP contribution is 2.25. The minimum absolute atomic E-state index is 0.528. The minimum atomic E-state index is 0.528. The van der Waals surface area contributed by atoms with Crippen molar-refractivity contribution in [3.8, 4) is 0 Å². The van der Waals surface area contributed by atoms with Crippen molar-refractivity contribution in [2.75, 3.05) is 0 Å². The highest BCUT2D eigenvalue weighted by molar-refractivity contribution is 5.19. The molecule has 1 aromatic carbocycles. The Bertz CT molecular complexity index is 349. The summed E-state index contributed by atoms with van der Waals surface area (Å²) in [6.07, 6.45) is 11.1. The van der Waals surface area contributed by atoms with Crippen LogP contribution in [-0.2, 0) is 0 Å². The van der Waals surface area contributed by atoms with Crippen molar-refractivity contribution in [1.29, 1.82) is 0 Å². The number of rotatable bonds is 5. The van der Waals surface area contributed by atoms with Crippen LogP contribution in [0.3, 0.4) is 0 Å². The Labute approximate surface area is 125 Å². The smallest absolute Gasteiger partial charge is 0.0325 e. The summed E-state index contributed by atoms with van der Waals surface area (Å²) in [6, 6.07) is 12.3. The molecule has 1 heteroatoms. The van der Waals surface area contributed by atoms with Gasteiger partial charge in [-0.3, -0.25) is 0 Å². The van der Waals surface area contributed by atoms with E-state index in [0.717, 1.165) is 12.0 Å².